The van der Waals surface area contributed by atoms with Crippen LogP contribution in [-0.2, 0) is 9.59 Å². The van der Waals surface area contributed by atoms with Crippen LogP contribution in [0.2, 0.25) is 0 Å². The fourth-order valence-corrected chi connectivity index (χ4v) is 1.75. The Bertz CT molecular complexity index is 240. The van der Waals surface area contributed by atoms with Gasteiger partial charge in [-0.3, -0.25) is 9.59 Å². The molecule has 0 aliphatic heterocycles. The predicted octanol–water partition coefficient (Wildman–Crippen LogP) is 1.57. The van der Waals surface area contributed by atoms with Crippen LogP contribution in [-0.4, -0.2) is 22.4 Å². The molecule has 2 unspecified atom stereocenters. The molecule has 0 aromatic heterocycles. The Kier molecular flexibility index (Phi) is 5.50. The number of hydrogen-bond acceptors (Lipinski definition) is 3. The van der Waals surface area contributed by atoms with Crippen molar-refractivity contribution in [3.63, 3.8) is 0 Å². The number of carbonyl (C=O) groups excluding carboxylic acids is 1. The van der Waals surface area contributed by atoms with Gasteiger partial charge in [-0.1, -0.05) is 26.7 Å². The van der Waals surface area contributed by atoms with Gasteiger partial charge in [-0.25, -0.2) is 0 Å². The monoisotopic (exact) mass is 215 g/mol. The molecule has 0 saturated carbocycles. The molecule has 0 fully saturated rings. The zero-order chi connectivity index (χ0) is 12.1. The van der Waals surface area contributed by atoms with Crippen molar-refractivity contribution in [3.05, 3.63) is 0 Å². The van der Waals surface area contributed by atoms with E-state index >= 15 is 0 Å². The van der Waals surface area contributed by atoms with Crippen molar-refractivity contribution >= 4 is 11.8 Å². The fourth-order valence-electron chi connectivity index (χ4n) is 1.75. The first-order valence-electron chi connectivity index (χ1n) is 5.42. The molecule has 0 amide bonds. The number of Topliss-reactive ketones (excluding diaryl/α,β-unsaturated/α-hetero) is 1. The normalized spacial score (nSPS) is 16.8. The molecule has 0 rings (SSSR count). The van der Waals surface area contributed by atoms with Gasteiger partial charge in [0.05, 0.1) is 11.5 Å². The summed E-state index contributed by atoms with van der Waals surface area (Å²) in [7, 11) is 0. The van der Waals surface area contributed by atoms with Crippen molar-refractivity contribution in [2.45, 2.75) is 52.0 Å². The number of rotatable bonds is 7. The number of unbranched alkanes of at least 4 members (excludes halogenated alkanes) is 1. The molecular formula is C11H21NO3. The van der Waals surface area contributed by atoms with E-state index in [1.54, 1.807) is 6.92 Å². The summed E-state index contributed by atoms with van der Waals surface area (Å²) in [5, 5.41) is 9.08. The van der Waals surface area contributed by atoms with E-state index in [-0.39, 0.29) is 5.78 Å². The highest BCUT2D eigenvalue weighted by Crippen LogP contribution is 2.25. The maximum Gasteiger partial charge on any atom is 0.308 e. The molecule has 0 aliphatic rings. The number of carboxylic acid groups (broad SMARTS) is 1. The summed E-state index contributed by atoms with van der Waals surface area (Å²) in [6, 6.07) is 0. The first kappa shape index (κ1) is 14.1. The molecule has 88 valence electrons. The van der Waals surface area contributed by atoms with Gasteiger partial charge in [-0.2, -0.15) is 0 Å². The van der Waals surface area contributed by atoms with Crippen molar-refractivity contribution < 1.29 is 14.7 Å². The summed E-state index contributed by atoms with van der Waals surface area (Å²) in [4.78, 5) is 22.5. The molecule has 0 saturated heterocycles. The highest BCUT2D eigenvalue weighted by Gasteiger charge is 2.41. The Balaban J connectivity index is 4.85. The van der Waals surface area contributed by atoms with Crippen LogP contribution in [0.3, 0.4) is 0 Å². The average Bonchev–Trinajstić information content (AvgIpc) is 2.17. The van der Waals surface area contributed by atoms with Gasteiger partial charge in [-0.15, -0.1) is 0 Å². The van der Waals surface area contributed by atoms with Crippen molar-refractivity contribution in [2.75, 3.05) is 0 Å². The second-order valence-electron chi connectivity index (χ2n) is 3.98. The quantitative estimate of drug-likeness (QED) is 0.675. The summed E-state index contributed by atoms with van der Waals surface area (Å²) >= 11 is 0. The van der Waals surface area contributed by atoms with Crippen molar-refractivity contribution in [1.82, 2.24) is 0 Å². The van der Waals surface area contributed by atoms with Gasteiger partial charge in [0, 0.05) is 0 Å². The Morgan fingerprint density at radius 1 is 1.40 bits per heavy atom. The highest BCUT2D eigenvalue weighted by atomic mass is 16.4. The van der Waals surface area contributed by atoms with E-state index in [0.29, 0.717) is 12.8 Å². The van der Waals surface area contributed by atoms with Crippen LogP contribution in [0.15, 0.2) is 0 Å². The Labute approximate surface area is 90.8 Å². The largest absolute Gasteiger partial charge is 0.481 e. The lowest BCUT2D eigenvalue weighted by molar-refractivity contribution is -0.148. The van der Waals surface area contributed by atoms with Gasteiger partial charge in [0.25, 0.3) is 0 Å². The van der Waals surface area contributed by atoms with E-state index in [1.165, 1.54) is 6.92 Å². The summed E-state index contributed by atoms with van der Waals surface area (Å²) in [6.45, 7) is 5.10. The van der Waals surface area contributed by atoms with Crippen LogP contribution in [0, 0.1) is 5.92 Å². The van der Waals surface area contributed by atoms with Crippen molar-refractivity contribution in [3.8, 4) is 0 Å². The van der Waals surface area contributed by atoms with Gasteiger partial charge >= 0.3 is 5.97 Å². The van der Waals surface area contributed by atoms with Gasteiger partial charge in [0.15, 0.2) is 0 Å². The van der Waals surface area contributed by atoms with E-state index in [1.807, 2.05) is 6.92 Å². The molecular weight excluding hydrogens is 194 g/mol. The van der Waals surface area contributed by atoms with Crippen molar-refractivity contribution in [1.29, 1.82) is 0 Å². The smallest absolute Gasteiger partial charge is 0.308 e. The van der Waals surface area contributed by atoms with E-state index < -0.39 is 17.4 Å². The molecule has 4 heteroatoms. The molecule has 0 aliphatic carbocycles. The van der Waals surface area contributed by atoms with Gasteiger partial charge in [0.1, 0.15) is 5.78 Å². The highest BCUT2D eigenvalue weighted by molar-refractivity contribution is 5.91. The van der Waals surface area contributed by atoms with E-state index in [2.05, 4.69) is 0 Å². The molecule has 0 aromatic carbocycles. The van der Waals surface area contributed by atoms with Crippen LogP contribution in [0.1, 0.15) is 46.5 Å². The number of nitrogens with two attached hydrogens (primary N) is 1. The summed E-state index contributed by atoms with van der Waals surface area (Å²) in [6.07, 6.45) is 2.52. The maximum absolute atomic E-state index is 11.4. The standard InChI is InChI=1S/C11H21NO3/c1-4-6-7-9(10(14)15)11(12,5-2)8(3)13/h9H,4-7,12H2,1-3H3,(H,14,15). The predicted molar refractivity (Wildman–Crippen MR) is 58.5 cm³/mol. The number of ketones is 1. The van der Waals surface area contributed by atoms with Crippen LogP contribution >= 0.6 is 0 Å². The first-order valence-corrected chi connectivity index (χ1v) is 5.42. The molecule has 0 heterocycles. The molecule has 2 atom stereocenters. The van der Waals surface area contributed by atoms with E-state index in [4.69, 9.17) is 10.8 Å². The Morgan fingerprint density at radius 3 is 2.20 bits per heavy atom. The van der Waals surface area contributed by atoms with Gasteiger partial charge in [0.2, 0.25) is 0 Å². The summed E-state index contributed by atoms with van der Waals surface area (Å²) < 4.78 is 0. The molecule has 0 aromatic rings. The second-order valence-corrected chi connectivity index (χ2v) is 3.98. The topological polar surface area (TPSA) is 80.4 Å². The number of carboxylic acids is 1. The second kappa shape index (κ2) is 5.85. The SMILES string of the molecule is CCCCC(C(=O)O)C(N)(CC)C(C)=O. The van der Waals surface area contributed by atoms with Crippen molar-refractivity contribution in [2.24, 2.45) is 11.7 Å². The average molecular weight is 215 g/mol. The molecule has 15 heavy (non-hydrogen) atoms. The molecule has 4 nitrogen and oxygen atoms in total. The van der Waals surface area contributed by atoms with Crippen LogP contribution in [0.25, 0.3) is 0 Å². The van der Waals surface area contributed by atoms with E-state index in [9.17, 15) is 9.59 Å². The van der Waals surface area contributed by atoms with Crippen LogP contribution in [0.5, 0.6) is 0 Å². The number of aliphatic carboxylic acids is 1. The van der Waals surface area contributed by atoms with Crippen LogP contribution < -0.4 is 5.73 Å². The summed E-state index contributed by atoms with van der Waals surface area (Å²) in [5.74, 6) is -1.98. The minimum Gasteiger partial charge on any atom is -0.481 e. The lowest BCUT2D eigenvalue weighted by Crippen LogP contribution is -2.55. The zero-order valence-electron chi connectivity index (χ0n) is 9.75. The molecule has 0 radical (unpaired) electrons. The zero-order valence-corrected chi connectivity index (χ0v) is 9.75. The number of carbonyl (C=O) groups is 2. The van der Waals surface area contributed by atoms with Gasteiger partial charge < -0.3 is 10.8 Å². The van der Waals surface area contributed by atoms with E-state index in [0.717, 1.165) is 12.8 Å². The maximum atomic E-state index is 11.4. The lowest BCUT2D eigenvalue weighted by Gasteiger charge is -2.31. The third-order valence-corrected chi connectivity index (χ3v) is 3.01. The molecule has 0 bridgehead atoms. The van der Waals surface area contributed by atoms with Crippen LogP contribution in [0.4, 0.5) is 0 Å². The van der Waals surface area contributed by atoms with Gasteiger partial charge in [-0.05, 0) is 19.8 Å². The lowest BCUT2D eigenvalue weighted by atomic mass is 9.77. The number of hydrogen-bond donors (Lipinski definition) is 2. The molecule has 0 spiro atoms. The third kappa shape index (κ3) is 3.30. The Hall–Kier alpha value is -0.900. The summed E-state index contributed by atoms with van der Waals surface area (Å²) in [5.41, 5.74) is 4.69. The fraction of sp³-hybridized carbons (Fsp3) is 0.818. The third-order valence-electron chi connectivity index (χ3n) is 3.01. The first-order chi connectivity index (χ1) is 6.90. The Morgan fingerprint density at radius 2 is 1.93 bits per heavy atom. The molecule has 3 N–H and O–H groups in total. The minimum absolute atomic E-state index is 0.242. The minimum atomic E-state index is -1.21.